The van der Waals surface area contributed by atoms with E-state index in [2.05, 4.69) is 31.3 Å². The van der Waals surface area contributed by atoms with Crippen molar-refractivity contribution in [3.8, 4) is 0 Å². The fraction of sp³-hybridized carbons (Fsp3) is 0.467. The van der Waals surface area contributed by atoms with Gasteiger partial charge in [-0.25, -0.2) is 4.79 Å². The Morgan fingerprint density at radius 2 is 1.85 bits per heavy atom. The van der Waals surface area contributed by atoms with Gasteiger partial charge in [-0.05, 0) is 30.0 Å². The van der Waals surface area contributed by atoms with Crippen LogP contribution in [0.25, 0.3) is 0 Å². The average Bonchev–Trinajstić information content (AvgIpc) is 2.42. The van der Waals surface area contributed by atoms with Gasteiger partial charge in [0.05, 0.1) is 5.75 Å². The first-order valence-corrected chi connectivity index (χ1v) is 7.67. The molecular weight excluding hydrogens is 274 g/mol. The van der Waals surface area contributed by atoms with E-state index in [0.29, 0.717) is 12.3 Å². The average molecular weight is 295 g/mol. The number of thioether (sulfide) groups is 1. The minimum absolute atomic E-state index is 0.227. The molecule has 5 heteroatoms. The van der Waals surface area contributed by atoms with Gasteiger partial charge in [-0.3, -0.25) is 4.79 Å². The molecule has 1 unspecified atom stereocenters. The van der Waals surface area contributed by atoms with Crippen molar-refractivity contribution < 1.29 is 14.7 Å². The van der Waals surface area contributed by atoms with Gasteiger partial charge in [-0.15, -0.1) is 11.8 Å². The predicted molar refractivity (Wildman–Crippen MR) is 81.1 cm³/mol. The molecule has 0 aliphatic rings. The van der Waals surface area contributed by atoms with Gasteiger partial charge in [0.25, 0.3) is 0 Å². The van der Waals surface area contributed by atoms with Crippen LogP contribution in [0, 0.1) is 0 Å². The Bertz CT molecular complexity index is 457. The van der Waals surface area contributed by atoms with Gasteiger partial charge < -0.3 is 10.4 Å². The maximum Gasteiger partial charge on any atom is 0.326 e. The molecule has 1 atom stereocenters. The number of nitrogens with one attached hydrogen (secondary N) is 1. The molecule has 1 rings (SSSR count). The Labute approximate surface area is 124 Å². The molecule has 0 aromatic heterocycles. The van der Waals surface area contributed by atoms with E-state index >= 15 is 0 Å². The summed E-state index contributed by atoms with van der Waals surface area (Å²) in [6.07, 6.45) is 0.384. The molecule has 20 heavy (non-hydrogen) atoms. The third-order valence-electron chi connectivity index (χ3n) is 2.96. The molecule has 0 aliphatic carbocycles. The van der Waals surface area contributed by atoms with E-state index < -0.39 is 12.0 Å². The second-order valence-electron chi connectivity index (χ2n) is 4.88. The summed E-state index contributed by atoms with van der Waals surface area (Å²) >= 11 is 1.41. The summed E-state index contributed by atoms with van der Waals surface area (Å²) in [5.41, 5.74) is 1.26. The van der Waals surface area contributed by atoms with Gasteiger partial charge in [-0.1, -0.05) is 32.9 Å². The van der Waals surface area contributed by atoms with Gasteiger partial charge in [-0.2, -0.15) is 0 Å². The van der Waals surface area contributed by atoms with Crippen LogP contribution in [0.2, 0.25) is 0 Å². The lowest BCUT2D eigenvalue weighted by atomic mass is 10.0. The number of aliphatic carboxylic acids is 1. The van der Waals surface area contributed by atoms with Crippen LogP contribution in [0.5, 0.6) is 0 Å². The Hall–Kier alpha value is -1.49. The van der Waals surface area contributed by atoms with Crippen LogP contribution in [-0.4, -0.2) is 28.8 Å². The normalized spacial score (nSPS) is 12.2. The number of hydrogen-bond acceptors (Lipinski definition) is 3. The number of rotatable bonds is 7. The highest BCUT2D eigenvalue weighted by molar-refractivity contribution is 8.00. The largest absolute Gasteiger partial charge is 0.480 e. The zero-order valence-corrected chi connectivity index (χ0v) is 12.9. The minimum atomic E-state index is -0.993. The summed E-state index contributed by atoms with van der Waals surface area (Å²) < 4.78 is 0. The zero-order valence-electron chi connectivity index (χ0n) is 12.1. The van der Waals surface area contributed by atoms with Crippen molar-refractivity contribution in [3.63, 3.8) is 0 Å². The first-order chi connectivity index (χ1) is 9.43. The topological polar surface area (TPSA) is 66.4 Å². The third-order valence-corrected chi connectivity index (χ3v) is 3.97. The van der Waals surface area contributed by atoms with Gasteiger partial charge >= 0.3 is 5.97 Å². The molecule has 2 N–H and O–H groups in total. The molecule has 0 saturated heterocycles. The molecule has 0 spiro atoms. The molecule has 1 aromatic rings. The first kappa shape index (κ1) is 16.6. The molecule has 1 amide bonds. The fourth-order valence-electron chi connectivity index (χ4n) is 1.67. The van der Waals surface area contributed by atoms with E-state index in [1.54, 1.807) is 6.92 Å². The number of benzene rings is 1. The molecule has 4 nitrogen and oxygen atoms in total. The van der Waals surface area contributed by atoms with Crippen LogP contribution < -0.4 is 5.32 Å². The molecule has 0 saturated carbocycles. The Morgan fingerprint density at radius 1 is 1.25 bits per heavy atom. The second kappa shape index (κ2) is 7.94. The van der Waals surface area contributed by atoms with Crippen molar-refractivity contribution in [3.05, 3.63) is 29.8 Å². The van der Waals surface area contributed by atoms with Crippen LogP contribution in [0.15, 0.2) is 29.2 Å². The van der Waals surface area contributed by atoms with Gasteiger partial charge in [0.15, 0.2) is 0 Å². The summed E-state index contributed by atoms with van der Waals surface area (Å²) in [7, 11) is 0. The lowest BCUT2D eigenvalue weighted by molar-refractivity contribution is -0.141. The summed E-state index contributed by atoms with van der Waals surface area (Å²) in [5, 5.41) is 11.4. The van der Waals surface area contributed by atoms with Crippen LogP contribution >= 0.6 is 11.8 Å². The van der Waals surface area contributed by atoms with Crippen molar-refractivity contribution in [1.82, 2.24) is 5.32 Å². The van der Waals surface area contributed by atoms with E-state index in [1.165, 1.54) is 17.3 Å². The van der Waals surface area contributed by atoms with Crippen molar-refractivity contribution in [2.24, 2.45) is 0 Å². The smallest absolute Gasteiger partial charge is 0.326 e. The van der Waals surface area contributed by atoms with Crippen molar-refractivity contribution in [2.45, 2.75) is 44.0 Å². The maximum absolute atomic E-state index is 11.7. The first-order valence-electron chi connectivity index (χ1n) is 6.69. The summed E-state index contributed by atoms with van der Waals surface area (Å²) in [5.74, 6) is -0.535. The number of hydrogen-bond donors (Lipinski definition) is 2. The van der Waals surface area contributed by atoms with E-state index in [9.17, 15) is 9.59 Å². The van der Waals surface area contributed by atoms with E-state index in [-0.39, 0.29) is 11.7 Å². The number of carboxylic acids is 1. The van der Waals surface area contributed by atoms with Crippen LogP contribution in [0.4, 0.5) is 0 Å². The van der Waals surface area contributed by atoms with E-state index in [1.807, 2.05) is 12.1 Å². The third kappa shape index (κ3) is 5.25. The maximum atomic E-state index is 11.7. The standard InChI is InChI=1S/C15H21NO3S/c1-4-13(15(18)19)16-14(17)9-20-12-7-5-11(6-8-12)10(2)3/h5-8,10,13H,4,9H2,1-3H3,(H,16,17)(H,18,19). The predicted octanol–water partition coefficient (Wildman–Crippen LogP) is 2.88. The second-order valence-corrected chi connectivity index (χ2v) is 5.93. The van der Waals surface area contributed by atoms with Crippen LogP contribution in [-0.2, 0) is 9.59 Å². The highest BCUT2D eigenvalue weighted by Crippen LogP contribution is 2.21. The van der Waals surface area contributed by atoms with E-state index in [0.717, 1.165) is 4.90 Å². The van der Waals surface area contributed by atoms with E-state index in [4.69, 9.17) is 5.11 Å². The van der Waals surface area contributed by atoms with Crippen molar-refractivity contribution in [1.29, 1.82) is 0 Å². The minimum Gasteiger partial charge on any atom is -0.480 e. The molecule has 0 heterocycles. The van der Waals surface area contributed by atoms with Gasteiger partial charge in [0, 0.05) is 4.90 Å². The highest BCUT2D eigenvalue weighted by atomic mass is 32.2. The number of amides is 1. The summed E-state index contributed by atoms with van der Waals surface area (Å²) in [4.78, 5) is 23.5. The van der Waals surface area contributed by atoms with Crippen molar-refractivity contribution in [2.75, 3.05) is 5.75 Å². The van der Waals surface area contributed by atoms with Gasteiger partial charge in [0.1, 0.15) is 6.04 Å². The fourth-order valence-corrected chi connectivity index (χ4v) is 2.38. The number of carbonyl (C=O) groups is 2. The lowest BCUT2D eigenvalue weighted by Crippen LogP contribution is -2.41. The number of carboxylic acid groups (broad SMARTS) is 1. The zero-order chi connectivity index (χ0) is 15.1. The Morgan fingerprint density at radius 3 is 2.30 bits per heavy atom. The highest BCUT2D eigenvalue weighted by Gasteiger charge is 2.17. The summed E-state index contributed by atoms with van der Waals surface area (Å²) in [6.45, 7) is 6.00. The SMILES string of the molecule is CCC(NC(=O)CSc1ccc(C(C)C)cc1)C(=O)O. The van der Waals surface area contributed by atoms with Crippen LogP contribution in [0.3, 0.4) is 0 Å². The molecule has 0 radical (unpaired) electrons. The van der Waals surface area contributed by atoms with Gasteiger partial charge in [0.2, 0.25) is 5.91 Å². The summed E-state index contributed by atoms with van der Waals surface area (Å²) in [6, 6.07) is 7.28. The lowest BCUT2D eigenvalue weighted by Gasteiger charge is -2.12. The Kier molecular flexibility index (Phi) is 6.58. The molecular formula is C15H21NO3S. The Balaban J connectivity index is 2.46. The molecule has 0 fully saturated rings. The monoisotopic (exact) mass is 295 g/mol. The molecule has 0 aliphatic heterocycles. The van der Waals surface area contributed by atoms with Crippen molar-refractivity contribution >= 4 is 23.6 Å². The quantitative estimate of drug-likeness (QED) is 0.759. The molecule has 110 valence electrons. The number of carbonyl (C=O) groups excluding carboxylic acids is 1. The molecule has 1 aromatic carbocycles. The molecule has 0 bridgehead atoms. The van der Waals surface area contributed by atoms with Crippen LogP contribution in [0.1, 0.15) is 38.7 Å².